The number of H-pyrrole nitrogens is 1. The van der Waals surface area contributed by atoms with E-state index < -0.39 is 16.2 Å². The molecule has 3 N–H and O–H groups in total. The molecule has 0 aliphatic carbocycles. The number of aryl methyl sites for hydroxylation is 1. The van der Waals surface area contributed by atoms with Crippen LogP contribution in [-0.2, 0) is 10.0 Å². The molecule has 0 spiro atoms. The predicted molar refractivity (Wildman–Crippen MR) is 94.4 cm³/mol. The van der Waals surface area contributed by atoms with Gasteiger partial charge in [0.15, 0.2) is 10.8 Å². The van der Waals surface area contributed by atoms with Crippen molar-refractivity contribution in [2.24, 2.45) is 15.4 Å². The maximum atomic E-state index is 11.5. The first-order valence-electron chi connectivity index (χ1n) is 6.97. The number of hydrogen-bond donors (Lipinski definition) is 2. The Bertz CT molecular complexity index is 1200. The van der Waals surface area contributed by atoms with E-state index in [4.69, 9.17) is 18.3 Å². The predicted octanol–water partition coefficient (Wildman–Crippen LogP) is 3.23. The zero-order chi connectivity index (χ0) is 18.9. The fourth-order valence-electron chi connectivity index (χ4n) is 2.10. The first kappa shape index (κ1) is 17.6. The second-order valence-corrected chi connectivity index (χ2v) is 7.41. The molecule has 10 nitrogen and oxygen atoms in total. The number of hydrogen-bond acceptors (Lipinski definition) is 7. The number of fused-ring (bicyclic) bond motifs is 1. The van der Waals surface area contributed by atoms with Gasteiger partial charge in [0.25, 0.3) is 5.82 Å². The number of imidazole rings is 1. The van der Waals surface area contributed by atoms with Crippen molar-refractivity contribution in [1.29, 1.82) is 0 Å². The molecule has 12 heteroatoms. The molecular weight excluding hydrogens is 376 g/mol. The summed E-state index contributed by atoms with van der Waals surface area (Å²) in [6, 6.07) is 4.31. The van der Waals surface area contributed by atoms with Gasteiger partial charge in [-0.2, -0.15) is 4.37 Å². The topological polar surface area (TPSA) is 135 Å². The number of nitrogens with zero attached hydrogens (tertiary/aromatic N) is 6. The number of rotatable bonds is 4. The van der Waals surface area contributed by atoms with Gasteiger partial charge in [-0.25, -0.2) is 41.4 Å². The van der Waals surface area contributed by atoms with E-state index in [1.165, 1.54) is 12.1 Å². The Kier molecular flexibility index (Phi) is 4.48. The summed E-state index contributed by atoms with van der Waals surface area (Å²) in [6.07, 6.45) is -1.06. The van der Waals surface area contributed by atoms with Crippen molar-refractivity contribution in [3.8, 4) is 0 Å². The van der Waals surface area contributed by atoms with Gasteiger partial charge >= 0.3 is 6.17 Å². The van der Waals surface area contributed by atoms with Crippen LogP contribution in [0.25, 0.3) is 20.6 Å². The van der Waals surface area contributed by atoms with Crippen LogP contribution in [0, 0.1) is 20.1 Å². The number of aromatic nitrogens is 3. The van der Waals surface area contributed by atoms with Crippen molar-refractivity contribution in [1.82, 2.24) is 14.3 Å². The van der Waals surface area contributed by atoms with E-state index in [9.17, 15) is 8.42 Å². The molecule has 0 radical (unpaired) electrons. The number of primary sulfonamides is 1. The minimum atomic E-state index is -3.84. The Morgan fingerprint density at radius 1 is 1.31 bits per heavy atom. The first-order chi connectivity index (χ1) is 12.3. The highest BCUT2D eigenvalue weighted by molar-refractivity contribution is 7.89. The minimum absolute atomic E-state index is 0.0430. The van der Waals surface area contributed by atoms with Gasteiger partial charge in [-0.15, -0.1) is 10.2 Å². The Hall–Kier alpha value is -3.19. The molecule has 0 aliphatic rings. The zero-order valence-corrected chi connectivity index (χ0v) is 14.8. The molecule has 0 atom stereocenters. The standard InChI is InChI=1S/C14H10N8O2S2/c1-7-11(19-13(18-7)12(16-2)17-3)20-21-14-9-6-8(26(15,23)24)4-5-10(9)22-25-14/h4-6,12H,1H3,(H,18,19)(H2,15,23,24)/b21-20+. The van der Waals surface area contributed by atoms with Gasteiger partial charge in [0, 0.05) is 5.39 Å². The van der Waals surface area contributed by atoms with Crippen molar-refractivity contribution in [3.63, 3.8) is 0 Å². The summed E-state index contributed by atoms with van der Waals surface area (Å²) in [5.74, 6) is 0.508. The summed E-state index contributed by atoms with van der Waals surface area (Å²) in [5, 5.41) is 14.2. The second kappa shape index (κ2) is 6.61. The second-order valence-electron chi connectivity index (χ2n) is 5.10. The summed E-state index contributed by atoms with van der Waals surface area (Å²) >= 11 is 1.05. The third-order valence-electron chi connectivity index (χ3n) is 3.36. The van der Waals surface area contributed by atoms with Gasteiger partial charge in [-0.05, 0) is 36.7 Å². The van der Waals surface area contributed by atoms with E-state index in [1.54, 1.807) is 13.0 Å². The van der Waals surface area contributed by atoms with Crippen LogP contribution in [-0.4, -0.2) is 22.8 Å². The smallest absolute Gasteiger partial charge is 0.311 e. The number of sulfonamides is 1. The van der Waals surface area contributed by atoms with E-state index in [0.717, 1.165) is 11.5 Å². The summed E-state index contributed by atoms with van der Waals surface area (Å²) < 4.78 is 27.2. The first-order valence-corrected chi connectivity index (χ1v) is 9.29. The number of benzene rings is 1. The molecule has 0 saturated carbocycles. The van der Waals surface area contributed by atoms with Crippen molar-refractivity contribution < 1.29 is 8.42 Å². The molecular formula is C14H10N8O2S2. The lowest BCUT2D eigenvalue weighted by atomic mass is 10.2. The van der Waals surface area contributed by atoms with E-state index >= 15 is 0 Å². The molecule has 0 bridgehead atoms. The molecule has 26 heavy (non-hydrogen) atoms. The lowest BCUT2D eigenvalue weighted by molar-refractivity contribution is 0.598. The molecule has 2 heterocycles. The quantitative estimate of drug-likeness (QED) is 0.525. The molecule has 130 valence electrons. The molecule has 0 amide bonds. The maximum Gasteiger partial charge on any atom is 0.534 e. The normalized spacial score (nSPS) is 11.9. The van der Waals surface area contributed by atoms with E-state index in [0.29, 0.717) is 27.4 Å². The highest BCUT2D eigenvalue weighted by Crippen LogP contribution is 2.33. The highest BCUT2D eigenvalue weighted by Gasteiger charge is 2.25. The molecule has 3 aromatic rings. The third-order valence-corrected chi connectivity index (χ3v) is 5.04. The van der Waals surface area contributed by atoms with Gasteiger partial charge in [0.2, 0.25) is 10.0 Å². The van der Waals surface area contributed by atoms with Crippen molar-refractivity contribution in [2.45, 2.75) is 18.0 Å². The number of azo groups is 1. The van der Waals surface area contributed by atoms with Crippen LogP contribution in [0.1, 0.15) is 17.7 Å². The number of nitrogens with two attached hydrogens (primary N) is 1. The van der Waals surface area contributed by atoms with E-state index in [-0.39, 0.29) is 10.7 Å². The molecule has 2 aromatic heterocycles. The van der Waals surface area contributed by atoms with Crippen LogP contribution in [0.4, 0.5) is 10.8 Å². The van der Waals surface area contributed by atoms with Gasteiger partial charge in [-0.3, -0.25) is 0 Å². The Balaban J connectivity index is 1.99. The summed E-state index contributed by atoms with van der Waals surface area (Å²) in [4.78, 5) is 13.2. The Morgan fingerprint density at radius 2 is 2.04 bits per heavy atom. The fourth-order valence-corrected chi connectivity index (χ4v) is 3.32. The lowest BCUT2D eigenvalue weighted by Crippen LogP contribution is -2.11. The van der Waals surface area contributed by atoms with Gasteiger partial charge in [-0.1, -0.05) is 0 Å². The average Bonchev–Trinajstić information content (AvgIpc) is 3.16. The van der Waals surface area contributed by atoms with Gasteiger partial charge in [0.05, 0.1) is 16.1 Å². The van der Waals surface area contributed by atoms with Crippen LogP contribution in [0.5, 0.6) is 0 Å². The maximum absolute atomic E-state index is 11.5. The monoisotopic (exact) mass is 386 g/mol. The van der Waals surface area contributed by atoms with Crippen molar-refractivity contribution in [3.05, 3.63) is 52.6 Å². The Labute approximate surface area is 152 Å². The molecule has 0 unspecified atom stereocenters. The van der Waals surface area contributed by atoms with E-state index in [2.05, 4.69) is 34.3 Å². The molecule has 0 aliphatic heterocycles. The third kappa shape index (κ3) is 3.29. The zero-order valence-electron chi connectivity index (χ0n) is 13.2. The highest BCUT2D eigenvalue weighted by atomic mass is 32.2. The summed E-state index contributed by atoms with van der Waals surface area (Å²) in [7, 11) is -3.84. The van der Waals surface area contributed by atoms with Crippen LogP contribution in [0.3, 0.4) is 0 Å². The van der Waals surface area contributed by atoms with Crippen molar-refractivity contribution >= 4 is 43.3 Å². The largest absolute Gasteiger partial charge is 0.534 e. The number of nitrogens with one attached hydrogen (secondary N) is 1. The molecule has 3 rings (SSSR count). The van der Waals surface area contributed by atoms with E-state index in [1.807, 2.05) is 0 Å². The van der Waals surface area contributed by atoms with Crippen LogP contribution >= 0.6 is 11.5 Å². The molecule has 0 fully saturated rings. The SMILES string of the molecule is [C-]#[N+]C([N+]#[C-])c1nc(C)c(/N=N/c2snc3ccc(S(N)(=O)=O)cc23)[nH]1. The van der Waals surface area contributed by atoms with Crippen LogP contribution in [0.15, 0.2) is 33.3 Å². The molecule has 1 aromatic carbocycles. The number of aromatic amines is 1. The summed E-state index contributed by atoms with van der Waals surface area (Å²) in [6.45, 7) is 15.6. The minimum Gasteiger partial charge on any atom is -0.311 e. The Morgan fingerprint density at radius 3 is 2.69 bits per heavy atom. The van der Waals surface area contributed by atoms with Gasteiger partial charge < -0.3 is 4.98 Å². The van der Waals surface area contributed by atoms with Crippen molar-refractivity contribution in [2.75, 3.05) is 0 Å². The molecule has 0 saturated heterocycles. The van der Waals surface area contributed by atoms with Crippen LogP contribution < -0.4 is 5.14 Å². The fraction of sp³-hybridized carbons (Fsp3) is 0.143. The van der Waals surface area contributed by atoms with Gasteiger partial charge in [0.1, 0.15) is 0 Å². The van der Waals surface area contributed by atoms with Crippen LogP contribution in [0.2, 0.25) is 0 Å². The average molecular weight is 386 g/mol. The lowest BCUT2D eigenvalue weighted by Gasteiger charge is -1.97. The summed E-state index contributed by atoms with van der Waals surface area (Å²) in [5.41, 5.74) is 1.06.